The van der Waals surface area contributed by atoms with Crippen LogP contribution in [0.4, 0.5) is 4.79 Å². The van der Waals surface area contributed by atoms with Crippen LogP contribution < -0.4 is 0 Å². The molecular formula is C21H26ClN3O2. The number of rotatable bonds is 3. The van der Waals surface area contributed by atoms with Crippen LogP contribution in [-0.2, 0) is 0 Å². The average Bonchev–Trinajstić information content (AvgIpc) is 2.71. The lowest BCUT2D eigenvalue weighted by Gasteiger charge is -2.37. The van der Waals surface area contributed by atoms with E-state index in [1.807, 2.05) is 21.9 Å². The van der Waals surface area contributed by atoms with E-state index in [1.165, 1.54) is 0 Å². The van der Waals surface area contributed by atoms with Gasteiger partial charge >= 0.3 is 6.03 Å². The summed E-state index contributed by atoms with van der Waals surface area (Å²) in [6, 6.07) is 9.80. The van der Waals surface area contributed by atoms with Crippen molar-refractivity contribution in [1.82, 2.24) is 9.80 Å². The van der Waals surface area contributed by atoms with E-state index in [-0.39, 0.29) is 12.6 Å². The maximum absolute atomic E-state index is 12.8. The largest absolute Gasteiger partial charge is 0.396 e. The molecule has 5 nitrogen and oxygen atoms in total. The molecule has 1 N–H and O–H groups in total. The second kappa shape index (κ2) is 9.25. The lowest BCUT2D eigenvalue weighted by Crippen LogP contribution is -2.48. The lowest BCUT2D eigenvalue weighted by molar-refractivity contribution is 0.123. The molecule has 0 aliphatic carbocycles. The summed E-state index contributed by atoms with van der Waals surface area (Å²) < 4.78 is 0. The Bertz CT molecular complexity index is 721. The molecule has 2 heterocycles. The van der Waals surface area contributed by atoms with Crippen LogP contribution in [0.25, 0.3) is 5.57 Å². The summed E-state index contributed by atoms with van der Waals surface area (Å²) in [6.07, 6.45) is 4.25. The number of hydrogen-bond acceptors (Lipinski definition) is 3. The van der Waals surface area contributed by atoms with Gasteiger partial charge in [-0.25, -0.2) is 4.79 Å². The van der Waals surface area contributed by atoms with Crippen molar-refractivity contribution in [2.45, 2.75) is 32.1 Å². The van der Waals surface area contributed by atoms with Crippen molar-refractivity contribution in [2.24, 2.45) is 5.92 Å². The van der Waals surface area contributed by atoms with Gasteiger partial charge in [0, 0.05) is 37.8 Å². The van der Waals surface area contributed by atoms with Crippen LogP contribution in [0.2, 0.25) is 5.02 Å². The van der Waals surface area contributed by atoms with Gasteiger partial charge in [-0.1, -0.05) is 23.7 Å². The molecule has 144 valence electrons. The first-order valence-electron chi connectivity index (χ1n) is 9.65. The third-order valence-corrected chi connectivity index (χ3v) is 5.91. The van der Waals surface area contributed by atoms with Crippen molar-refractivity contribution in [3.63, 3.8) is 0 Å². The van der Waals surface area contributed by atoms with E-state index in [0.29, 0.717) is 29.6 Å². The summed E-state index contributed by atoms with van der Waals surface area (Å²) in [6.45, 7) is 3.09. The van der Waals surface area contributed by atoms with Gasteiger partial charge in [-0.15, -0.1) is 0 Å². The van der Waals surface area contributed by atoms with Crippen LogP contribution in [0, 0.1) is 17.2 Å². The maximum Gasteiger partial charge on any atom is 0.320 e. The van der Waals surface area contributed by atoms with E-state index in [1.54, 1.807) is 12.1 Å². The Morgan fingerprint density at radius 1 is 1.11 bits per heavy atom. The molecule has 2 amide bonds. The molecule has 27 heavy (non-hydrogen) atoms. The number of aliphatic hydroxyl groups is 1. The molecule has 0 atom stereocenters. The fraction of sp³-hybridized carbons (Fsp3) is 0.524. The second-order valence-corrected chi connectivity index (χ2v) is 7.75. The van der Waals surface area contributed by atoms with Gasteiger partial charge in [0.2, 0.25) is 0 Å². The molecule has 6 heteroatoms. The average molecular weight is 388 g/mol. The number of aliphatic hydroxyl groups excluding tert-OH is 1. The summed E-state index contributed by atoms with van der Waals surface area (Å²) in [7, 11) is 0. The molecule has 2 aliphatic rings. The van der Waals surface area contributed by atoms with Gasteiger partial charge in [0.05, 0.1) is 11.6 Å². The van der Waals surface area contributed by atoms with E-state index < -0.39 is 0 Å². The molecule has 1 aromatic carbocycles. The quantitative estimate of drug-likeness (QED) is 0.799. The van der Waals surface area contributed by atoms with Gasteiger partial charge in [0.15, 0.2) is 0 Å². The Balaban J connectivity index is 1.59. The minimum atomic E-state index is 0.112. The fourth-order valence-corrected chi connectivity index (χ4v) is 4.10. The Morgan fingerprint density at radius 3 is 2.26 bits per heavy atom. The summed E-state index contributed by atoms with van der Waals surface area (Å²) in [5, 5.41) is 19.3. The van der Waals surface area contributed by atoms with Crippen molar-refractivity contribution in [2.75, 3.05) is 32.8 Å². The summed E-state index contributed by atoms with van der Waals surface area (Å²) in [4.78, 5) is 16.6. The molecule has 1 aromatic rings. The van der Waals surface area contributed by atoms with Crippen LogP contribution in [0.5, 0.6) is 0 Å². The molecule has 0 spiro atoms. The molecule has 3 rings (SSSR count). The SMILES string of the molecule is N#CC(=C1CCN(C(=O)N2CCC(CCO)CC2)CC1)c1ccc(Cl)cc1. The molecule has 0 aromatic heterocycles. The first kappa shape index (κ1) is 19.7. The van der Waals surface area contributed by atoms with Gasteiger partial charge < -0.3 is 14.9 Å². The first-order chi connectivity index (χ1) is 13.1. The molecule has 0 radical (unpaired) electrons. The van der Waals surface area contributed by atoms with Crippen LogP contribution in [0.3, 0.4) is 0 Å². The number of carbonyl (C=O) groups excluding carboxylic acids is 1. The highest BCUT2D eigenvalue weighted by atomic mass is 35.5. The number of nitrogens with zero attached hydrogens (tertiary/aromatic N) is 3. The molecule has 0 bridgehead atoms. The van der Waals surface area contributed by atoms with Crippen LogP contribution in [0.1, 0.15) is 37.7 Å². The highest BCUT2D eigenvalue weighted by molar-refractivity contribution is 6.30. The van der Waals surface area contributed by atoms with Gasteiger partial charge in [-0.3, -0.25) is 0 Å². The first-order valence-corrected chi connectivity index (χ1v) is 10.0. The number of piperidine rings is 2. The van der Waals surface area contributed by atoms with Gasteiger partial charge in [-0.2, -0.15) is 5.26 Å². The Morgan fingerprint density at radius 2 is 1.70 bits per heavy atom. The number of allylic oxidation sites excluding steroid dienone is 1. The van der Waals surface area contributed by atoms with Crippen LogP contribution >= 0.6 is 11.6 Å². The minimum absolute atomic E-state index is 0.112. The number of hydrogen-bond donors (Lipinski definition) is 1. The number of benzene rings is 1. The summed E-state index contributed by atoms with van der Waals surface area (Å²) in [5.74, 6) is 0.535. The number of halogens is 1. The zero-order valence-corrected chi connectivity index (χ0v) is 16.3. The molecule has 2 fully saturated rings. The number of nitriles is 1. The molecular weight excluding hydrogens is 362 g/mol. The lowest BCUT2D eigenvalue weighted by atomic mass is 9.93. The van der Waals surface area contributed by atoms with E-state index in [4.69, 9.17) is 16.7 Å². The van der Waals surface area contributed by atoms with E-state index in [0.717, 1.165) is 56.3 Å². The zero-order chi connectivity index (χ0) is 19.2. The fourth-order valence-electron chi connectivity index (χ4n) is 3.98. The molecule has 2 saturated heterocycles. The van der Waals surface area contributed by atoms with Crippen molar-refractivity contribution >= 4 is 23.2 Å². The van der Waals surface area contributed by atoms with Crippen molar-refractivity contribution in [1.29, 1.82) is 5.26 Å². The Kier molecular flexibility index (Phi) is 6.76. The predicted octanol–water partition coefficient (Wildman–Crippen LogP) is 3.93. The Hall–Kier alpha value is -2.03. The van der Waals surface area contributed by atoms with Crippen molar-refractivity contribution < 1.29 is 9.90 Å². The number of amides is 2. The van der Waals surface area contributed by atoms with Crippen LogP contribution in [-0.4, -0.2) is 53.7 Å². The van der Waals surface area contributed by atoms with E-state index in [2.05, 4.69) is 6.07 Å². The van der Waals surface area contributed by atoms with Gasteiger partial charge in [-0.05, 0) is 61.3 Å². The highest BCUT2D eigenvalue weighted by Crippen LogP contribution is 2.28. The zero-order valence-electron chi connectivity index (χ0n) is 15.5. The predicted molar refractivity (Wildman–Crippen MR) is 106 cm³/mol. The number of carbonyl (C=O) groups is 1. The molecule has 0 unspecified atom stereocenters. The van der Waals surface area contributed by atoms with Crippen molar-refractivity contribution in [3.05, 3.63) is 40.4 Å². The van der Waals surface area contributed by atoms with Gasteiger partial charge in [0.1, 0.15) is 0 Å². The number of likely N-dealkylation sites (tertiary alicyclic amines) is 2. The normalized spacial score (nSPS) is 18.3. The highest BCUT2D eigenvalue weighted by Gasteiger charge is 2.28. The Labute approximate surface area is 165 Å². The summed E-state index contributed by atoms with van der Waals surface area (Å²) >= 11 is 5.94. The van der Waals surface area contributed by atoms with E-state index >= 15 is 0 Å². The second-order valence-electron chi connectivity index (χ2n) is 7.31. The van der Waals surface area contributed by atoms with Gasteiger partial charge in [0.25, 0.3) is 0 Å². The molecule has 0 saturated carbocycles. The minimum Gasteiger partial charge on any atom is -0.396 e. The maximum atomic E-state index is 12.8. The smallest absolute Gasteiger partial charge is 0.320 e. The standard InChI is InChI=1S/C21H26ClN3O2/c22-19-3-1-17(2-4-19)20(15-23)18-7-12-25(13-8-18)21(27)24-10-5-16(6-11-24)9-14-26/h1-4,16,26H,5-14H2. The topological polar surface area (TPSA) is 67.6 Å². The van der Waals surface area contributed by atoms with Crippen molar-refractivity contribution in [3.8, 4) is 6.07 Å². The van der Waals surface area contributed by atoms with E-state index in [9.17, 15) is 10.1 Å². The number of urea groups is 1. The third kappa shape index (κ3) is 4.82. The molecule has 2 aliphatic heterocycles. The monoisotopic (exact) mass is 387 g/mol. The third-order valence-electron chi connectivity index (χ3n) is 5.66. The summed E-state index contributed by atoms with van der Waals surface area (Å²) in [5.41, 5.74) is 2.72. The van der Waals surface area contributed by atoms with Crippen LogP contribution in [0.15, 0.2) is 29.8 Å².